The van der Waals surface area contributed by atoms with Crippen molar-refractivity contribution in [3.63, 3.8) is 0 Å². The average Bonchev–Trinajstić information content (AvgIpc) is 2.76. The number of nitrogens with zero attached hydrogens (tertiary/aromatic N) is 2. The van der Waals surface area contributed by atoms with Crippen LogP contribution >= 0.6 is 0 Å². The van der Waals surface area contributed by atoms with E-state index in [9.17, 15) is 9.18 Å². The fourth-order valence-electron chi connectivity index (χ4n) is 2.97. The molecule has 1 amide bonds. The van der Waals surface area contributed by atoms with Gasteiger partial charge in [0.2, 0.25) is 5.55 Å². The van der Waals surface area contributed by atoms with Crippen molar-refractivity contribution >= 4 is 28.4 Å². The molecule has 2 aromatic carbocycles. The summed E-state index contributed by atoms with van der Waals surface area (Å²) in [5.74, 6) is 0.145. The minimum atomic E-state index is -0.431. The first kappa shape index (κ1) is 19.3. The number of benzene rings is 2. The monoisotopic (exact) mass is 403 g/mol. The van der Waals surface area contributed by atoms with Crippen molar-refractivity contribution in [2.24, 2.45) is 4.99 Å². The van der Waals surface area contributed by atoms with Crippen molar-refractivity contribution in [2.45, 2.75) is 6.92 Å². The normalized spacial score (nSPS) is 11.5. The molecule has 0 aliphatic carbocycles. The van der Waals surface area contributed by atoms with Gasteiger partial charge in [0.05, 0.1) is 12.8 Å². The first-order valence-corrected chi connectivity index (χ1v) is 9.19. The number of hydrogen-bond donors (Lipinski definition) is 1. The number of fused-ring (bicyclic) bond motifs is 1. The molecule has 0 bridgehead atoms. The molecule has 0 aliphatic rings. The quantitative estimate of drug-likeness (QED) is 0.533. The molecule has 150 valence electrons. The number of ether oxygens (including phenoxy) is 1. The number of rotatable bonds is 4. The molecular formula is C23H18FN3O3. The summed E-state index contributed by atoms with van der Waals surface area (Å²) in [6, 6.07) is 16.7. The second kappa shape index (κ2) is 8.16. The SMILES string of the molecule is COc1cccc2cc(C(=O)Nc3ccccn3)c(=Nc3ccc(F)c(C)c3)oc12. The zero-order valence-corrected chi connectivity index (χ0v) is 16.3. The van der Waals surface area contributed by atoms with Crippen LogP contribution in [-0.2, 0) is 0 Å². The number of para-hydroxylation sites is 1. The highest BCUT2D eigenvalue weighted by Crippen LogP contribution is 2.25. The van der Waals surface area contributed by atoms with Gasteiger partial charge in [-0.05, 0) is 55.0 Å². The summed E-state index contributed by atoms with van der Waals surface area (Å²) in [7, 11) is 1.53. The second-order valence-corrected chi connectivity index (χ2v) is 6.56. The summed E-state index contributed by atoms with van der Waals surface area (Å²) in [5.41, 5.74) is 1.63. The van der Waals surface area contributed by atoms with Gasteiger partial charge in [0.15, 0.2) is 11.3 Å². The lowest BCUT2D eigenvalue weighted by molar-refractivity contribution is 0.102. The lowest BCUT2D eigenvalue weighted by Crippen LogP contribution is -2.22. The predicted octanol–water partition coefficient (Wildman–Crippen LogP) is 4.77. The zero-order chi connectivity index (χ0) is 21.1. The Morgan fingerprint density at radius 2 is 2.00 bits per heavy atom. The number of aryl methyl sites for hydroxylation is 1. The summed E-state index contributed by atoms with van der Waals surface area (Å²) in [4.78, 5) is 21.6. The highest BCUT2D eigenvalue weighted by molar-refractivity contribution is 6.05. The van der Waals surface area contributed by atoms with Crippen LogP contribution in [0.2, 0.25) is 0 Å². The first-order chi connectivity index (χ1) is 14.5. The van der Waals surface area contributed by atoms with Crippen molar-refractivity contribution in [1.82, 2.24) is 4.98 Å². The number of carbonyl (C=O) groups is 1. The fourth-order valence-corrected chi connectivity index (χ4v) is 2.97. The van der Waals surface area contributed by atoms with Crippen LogP contribution < -0.4 is 15.6 Å². The smallest absolute Gasteiger partial charge is 0.262 e. The summed E-state index contributed by atoms with van der Waals surface area (Å²) in [6.07, 6.45) is 1.58. The van der Waals surface area contributed by atoms with Crippen LogP contribution in [0.3, 0.4) is 0 Å². The molecule has 0 saturated carbocycles. The number of pyridine rings is 1. The molecule has 0 atom stereocenters. The number of halogens is 1. The van der Waals surface area contributed by atoms with Crippen LogP contribution in [0.4, 0.5) is 15.9 Å². The first-order valence-electron chi connectivity index (χ1n) is 9.19. The van der Waals surface area contributed by atoms with E-state index < -0.39 is 5.91 Å². The molecular weight excluding hydrogens is 385 g/mol. The van der Waals surface area contributed by atoms with Gasteiger partial charge < -0.3 is 14.5 Å². The second-order valence-electron chi connectivity index (χ2n) is 6.56. The maximum absolute atomic E-state index is 13.6. The van der Waals surface area contributed by atoms with E-state index in [1.807, 2.05) is 6.07 Å². The Bertz CT molecular complexity index is 1300. The summed E-state index contributed by atoms with van der Waals surface area (Å²) >= 11 is 0. The minimum absolute atomic E-state index is 0.0754. The number of carbonyl (C=O) groups excluding carboxylic acids is 1. The molecule has 6 nitrogen and oxygen atoms in total. The highest BCUT2D eigenvalue weighted by Gasteiger charge is 2.15. The van der Waals surface area contributed by atoms with Gasteiger partial charge in [0.1, 0.15) is 17.2 Å². The largest absolute Gasteiger partial charge is 0.493 e. The molecule has 0 fully saturated rings. The molecule has 2 heterocycles. The van der Waals surface area contributed by atoms with Crippen LogP contribution in [0.1, 0.15) is 15.9 Å². The number of amides is 1. The zero-order valence-electron chi connectivity index (χ0n) is 16.3. The molecule has 0 unspecified atom stereocenters. The van der Waals surface area contributed by atoms with Crippen LogP contribution in [0.5, 0.6) is 5.75 Å². The summed E-state index contributed by atoms with van der Waals surface area (Å²) in [5, 5.41) is 3.41. The van der Waals surface area contributed by atoms with E-state index >= 15 is 0 Å². The van der Waals surface area contributed by atoms with Crippen LogP contribution in [0.25, 0.3) is 11.0 Å². The Hall–Kier alpha value is -4.00. The van der Waals surface area contributed by atoms with E-state index in [2.05, 4.69) is 15.3 Å². The van der Waals surface area contributed by atoms with Gasteiger partial charge in [-0.15, -0.1) is 0 Å². The van der Waals surface area contributed by atoms with E-state index in [-0.39, 0.29) is 16.9 Å². The van der Waals surface area contributed by atoms with Gasteiger partial charge in [-0.1, -0.05) is 18.2 Å². The van der Waals surface area contributed by atoms with Gasteiger partial charge in [-0.25, -0.2) is 14.4 Å². The molecule has 4 aromatic rings. The highest BCUT2D eigenvalue weighted by atomic mass is 19.1. The van der Waals surface area contributed by atoms with E-state index in [4.69, 9.17) is 9.15 Å². The molecule has 2 aromatic heterocycles. The topological polar surface area (TPSA) is 76.7 Å². The van der Waals surface area contributed by atoms with Gasteiger partial charge in [0, 0.05) is 11.6 Å². The number of nitrogens with one attached hydrogen (secondary N) is 1. The van der Waals surface area contributed by atoms with E-state index in [1.165, 1.54) is 19.2 Å². The van der Waals surface area contributed by atoms with E-state index in [0.717, 1.165) is 0 Å². The number of aromatic nitrogens is 1. The molecule has 0 radical (unpaired) electrons. The maximum Gasteiger partial charge on any atom is 0.262 e. The Morgan fingerprint density at radius 3 is 2.73 bits per heavy atom. The third-order valence-electron chi connectivity index (χ3n) is 4.48. The van der Waals surface area contributed by atoms with Crippen LogP contribution in [-0.4, -0.2) is 18.0 Å². The molecule has 1 N–H and O–H groups in total. The predicted molar refractivity (Wildman–Crippen MR) is 111 cm³/mol. The number of anilines is 1. The molecule has 30 heavy (non-hydrogen) atoms. The van der Waals surface area contributed by atoms with Crippen LogP contribution in [0.15, 0.2) is 76.3 Å². The third kappa shape index (κ3) is 3.91. The molecule has 0 spiro atoms. The Labute approximate surface area is 171 Å². The Balaban J connectivity index is 1.90. The lowest BCUT2D eigenvalue weighted by atomic mass is 10.1. The van der Waals surface area contributed by atoms with Gasteiger partial charge >= 0.3 is 0 Å². The maximum atomic E-state index is 13.6. The van der Waals surface area contributed by atoms with Gasteiger partial charge in [0.25, 0.3) is 5.91 Å². The standard InChI is InChI=1S/C23H18FN3O3/c1-14-12-16(9-10-18(14)24)26-23-17(22(28)27-20-8-3-4-11-25-20)13-15-6-5-7-19(29-2)21(15)30-23/h3-13H,1-2H3,(H,25,27,28). The van der Waals surface area contributed by atoms with E-state index in [1.54, 1.807) is 55.6 Å². The number of hydrogen-bond acceptors (Lipinski definition) is 5. The van der Waals surface area contributed by atoms with Crippen molar-refractivity contribution in [3.8, 4) is 5.75 Å². The van der Waals surface area contributed by atoms with Crippen molar-refractivity contribution in [2.75, 3.05) is 12.4 Å². The third-order valence-corrected chi connectivity index (χ3v) is 4.48. The summed E-state index contributed by atoms with van der Waals surface area (Å²) < 4.78 is 25.0. The Kier molecular flexibility index (Phi) is 5.26. The fraction of sp³-hybridized carbons (Fsp3) is 0.0870. The van der Waals surface area contributed by atoms with Crippen LogP contribution in [0, 0.1) is 12.7 Å². The van der Waals surface area contributed by atoms with Gasteiger partial charge in [-0.2, -0.15) is 0 Å². The lowest BCUT2D eigenvalue weighted by Gasteiger charge is -2.08. The summed E-state index contributed by atoms with van der Waals surface area (Å²) in [6.45, 7) is 1.64. The molecule has 0 saturated heterocycles. The van der Waals surface area contributed by atoms with E-state index in [0.29, 0.717) is 33.8 Å². The molecule has 7 heteroatoms. The van der Waals surface area contributed by atoms with Gasteiger partial charge in [-0.3, -0.25) is 4.79 Å². The average molecular weight is 403 g/mol. The Morgan fingerprint density at radius 1 is 1.13 bits per heavy atom. The molecule has 0 aliphatic heterocycles. The van der Waals surface area contributed by atoms with Crippen molar-refractivity contribution in [3.05, 3.63) is 89.4 Å². The molecule has 4 rings (SSSR count). The van der Waals surface area contributed by atoms with Crippen molar-refractivity contribution < 1.29 is 18.3 Å². The minimum Gasteiger partial charge on any atom is -0.493 e. The number of methoxy groups -OCH3 is 1. The van der Waals surface area contributed by atoms with Crippen molar-refractivity contribution in [1.29, 1.82) is 0 Å².